The summed E-state index contributed by atoms with van der Waals surface area (Å²) < 4.78 is 19.5. The second-order valence-corrected chi connectivity index (χ2v) is 6.68. The Morgan fingerprint density at radius 1 is 1.38 bits per heavy atom. The van der Waals surface area contributed by atoms with Crippen molar-refractivity contribution in [2.75, 3.05) is 40.3 Å². The van der Waals surface area contributed by atoms with Gasteiger partial charge in [0.1, 0.15) is 6.10 Å². The van der Waals surface area contributed by atoms with Crippen molar-refractivity contribution in [3.8, 4) is 5.75 Å². The molecule has 1 aliphatic rings. The van der Waals surface area contributed by atoms with E-state index in [4.69, 9.17) is 4.74 Å². The van der Waals surface area contributed by atoms with E-state index in [1.165, 1.54) is 25.5 Å². The Bertz CT molecular complexity index is 558. The van der Waals surface area contributed by atoms with Crippen molar-refractivity contribution in [2.45, 2.75) is 32.3 Å². The van der Waals surface area contributed by atoms with E-state index in [0.717, 1.165) is 25.5 Å². The third-order valence-corrected chi connectivity index (χ3v) is 4.59. The number of hydrogen-bond donors (Lipinski definition) is 2. The molecule has 0 spiro atoms. The monoisotopic (exact) mass is 478 g/mol. The fraction of sp³-hybridized carbons (Fsp3) is 0.632. The molecule has 148 valence electrons. The number of ether oxygens (including phenoxy) is 1. The highest BCUT2D eigenvalue weighted by Crippen LogP contribution is 2.18. The summed E-state index contributed by atoms with van der Waals surface area (Å²) in [5.41, 5.74) is 0. The van der Waals surface area contributed by atoms with Crippen molar-refractivity contribution in [1.29, 1.82) is 0 Å². The standard InChI is InChI=1S/C19H31FN4O.HI/c1-4-16(25-18-10-6-5-9-17(18)20)13-23-19(21-2)22-12-15-8-7-11-24(3)14-15;/h5-6,9-10,15-16H,4,7-8,11-14H2,1-3H3,(H2,21,22,23);1H. The molecule has 2 unspecified atom stereocenters. The lowest BCUT2D eigenvalue weighted by Crippen LogP contribution is -2.46. The molecule has 2 N–H and O–H groups in total. The van der Waals surface area contributed by atoms with E-state index in [1.54, 1.807) is 25.2 Å². The summed E-state index contributed by atoms with van der Waals surface area (Å²) in [6.07, 6.45) is 3.17. The van der Waals surface area contributed by atoms with Crippen LogP contribution in [-0.4, -0.2) is 57.2 Å². The third kappa shape index (κ3) is 7.65. The topological polar surface area (TPSA) is 48.9 Å². The van der Waals surface area contributed by atoms with Crippen molar-refractivity contribution in [2.24, 2.45) is 10.9 Å². The summed E-state index contributed by atoms with van der Waals surface area (Å²) in [6, 6.07) is 6.51. The van der Waals surface area contributed by atoms with Gasteiger partial charge in [-0.1, -0.05) is 19.1 Å². The highest BCUT2D eigenvalue weighted by molar-refractivity contribution is 14.0. The molecule has 0 amide bonds. The van der Waals surface area contributed by atoms with Crippen molar-refractivity contribution in [3.05, 3.63) is 30.1 Å². The predicted octanol–water partition coefficient (Wildman–Crippen LogP) is 3.11. The Balaban J connectivity index is 0.00000338. The molecule has 0 bridgehead atoms. The van der Waals surface area contributed by atoms with Gasteiger partial charge in [-0.25, -0.2) is 4.39 Å². The van der Waals surface area contributed by atoms with Crippen molar-refractivity contribution in [3.63, 3.8) is 0 Å². The van der Waals surface area contributed by atoms with Gasteiger partial charge >= 0.3 is 0 Å². The normalized spacial score (nSPS) is 19.4. The van der Waals surface area contributed by atoms with Crippen LogP contribution in [0.1, 0.15) is 26.2 Å². The third-order valence-electron chi connectivity index (χ3n) is 4.59. The van der Waals surface area contributed by atoms with Crippen LogP contribution in [0.4, 0.5) is 4.39 Å². The maximum Gasteiger partial charge on any atom is 0.191 e. The van der Waals surface area contributed by atoms with E-state index in [0.29, 0.717) is 18.2 Å². The molecule has 1 aromatic carbocycles. The highest BCUT2D eigenvalue weighted by Gasteiger charge is 2.17. The van der Waals surface area contributed by atoms with Gasteiger partial charge in [0.05, 0.1) is 6.54 Å². The number of rotatable bonds is 7. The number of para-hydroxylation sites is 1. The van der Waals surface area contributed by atoms with E-state index in [1.807, 2.05) is 6.92 Å². The van der Waals surface area contributed by atoms with Gasteiger partial charge in [-0.3, -0.25) is 4.99 Å². The quantitative estimate of drug-likeness (QED) is 0.359. The summed E-state index contributed by atoms with van der Waals surface area (Å²) in [4.78, 5) is 6.65. The van der Waals surface area contributed by atoms with Gasteiger partial charge in [-0.2, -0.15) is 0 Å². The summed E-state index contributed by atoms with van der Waals surface area (Å²) >= 11 is 0. The van der Waals surface area contributed by atoms with Crippen LogP contribution < -0.4 is 15.4 Å². The molecular formula is C19H32FIN4O. The summed E-state index contributed by atoms with van der Waals surface area (Å²) in [5.74, 6) is 1.38. The number of benzene rings is 1. The number of guanidine groups is 1. The molecule has 0 radical (unpaired) electrons. The van der Waals surface area contributed by atoms with Crippen LogP contribution in [0.2, 0.25) is 0 Å². The first-order chi connectivity index (χ1) is 12.1. The number of piperidine rings is 1. The summed E-state index contributed by atoms with van der Waals surface area (Å²) in [5, 5.41) is 6.69. The second-order valence-electron chi connectivity index (χ2n) is 6.68. The first-order valence-corrected chi connectivity index (χ1v) is 9.16. The number of nitrogens with zero attached hydrogens (tertiary/aromatic N) is 2. The van der Waals surface area contributed by atoms with E-state index >= 15 is 0 Å². The molecule has 0 aromatic heterocycles. The lowest BCUT2D eigenvalue weighted by atomic mass is 9.99. The van der Waals surface area contributed by atoms with E-state index in [-0.39, 0.29) is 35.9 Å². The fourth-order valence-electron chi connectivity index (χ4n) is 3.10. The molecule has 0 saturated carbocycles. The van der Waals surface area contributed by atoms with Gasteiger partial charge in [-0.05, 0) is 50.9 Å². The summed E-state index contributed by atoms with van der Waals surface area (Å²) in [7, 11) is 3.94. The molecule has 2 atom stereocenters. The Morgan fingerprint density at radius 3 is 2.81 bits per heavy atom. The van der Waals surface area contributed by atoms with Crippen molar-refractivity contribution >= 4 is 29.9 Å². The van der Waals surface area contributed by atoms with Gasteiger partial charge in [0.25, 0.3) is 0 Å². The Kier molecular flexibility index (Phi) is 10.9. The minimum absolute atomic E-state index is 0. The SMILES string of the molecule is CCC(CNC(=NC)NCC1CCCN(C)C1)Oc1ccccc1F.I. The van der Waals surface area contributed by atoms with Crippen LogP contribution in [-0.2, 0) is 0 Å². The Morgan fingerprint density at radius 2 is 2.15 bits per heavy atom. The van der Waals surface area contributed by atoms with Gasteiger partial charge in [-0.15, -0.1) is 24.0 Å². The van der Waals surface area contributed by atoms with Crippen LogP contribution in [0.5, 0.6) is 5.75 Å². The maximum absolute atomic E-state index is 13.7. The van der Waals surface area contributed by atoms with E-state index < -0.39 is 0 Å². The van der Waals surface area contributed by atoms with Gasteiger partial charge < -0.3 is 20.3 Å². The van der Waals surface area contributed by atoms with E-state index in [2.05, 4.69) is 27.6 Å². The van der Waals surface area contributed by atoms with Crippen molar-refractivity contribution < 1.29 is 9.13 Å². The molecular weight excluding hydrogens is 446 g/mol. The molecule has 1 heterocycles. The predicted molar refractivity (Wildman–Crippen MR) is 116 cm³/mol. The smallest absolute Gasteiger partial charge is 0.191 e. The highest BCUT2D eigenvalue weighted by atomic mass is 127. The first kappa shape index (κ1) is 23.0. The average molecular weight is 478 g/mol. The Hall–Kier alpha value is -1.09. The maximum atomic E-state index is 13.7. The molecule has 5 nitrogen and oxygen atoms in total. The number of hydrogen-bond acceptors (Lipinski definition) is 3. The molecule has 1 saturated heterocycles. The van der Waals surface area contributed by atoms with Gasteiger partial charge in [0, 0.05) is 20.1 Å². The van der Waals surface area contributed by atoms with Crippen LogP contribution >= 0.6 is 24.0 Å². The van der Waals surface area contributed by atoms with Gasteiger partial charge in [0.2, 0.25) is 0 Å². The second kappa shape index (κ2) is 12.3. The minimum Gasteiger partial charge on any atom is -0.486 e. The lowest BCUT2D eigenvalue weighted by Gasteiger charge is -2.30. The minimum atomic E-state index is -0.329. The van der Waals surface area contributed by atoms with Crippen molar-refractivity contribution in [1.82, 2.24) is 15.5 Å². The number of halogens is 2. The van der Waals surface area contributed by atoms with Gasteiger partial charge in [0.15, 0.2) is 17.5 Å². The zero-order valence-corrected chi connectivity index (χ0v) is 18.3. The molecule has 0 aliphatic carbocycles. The largest absolute Gasteiger partial charge is 0.486 e. The van der Waals surface area contributed by atoms with E-state index in [9.17, 15) is 4.39 Å². The average Bonchev–Trinajstić information content (AvgIpc) is 2.62. The Labute approximate surface area is 173 Å². The van der Waals surface area contributed by atoms with Crippen LogP contribution in [0.15, 0.2) is 29.3 Å². The number of aliphatic imine (C=N–C) groups is 1. The van der Waals surface area contributed by atoms with Crippen LogP contribution in [0, 0.1) is 11.7 Å². The molecule has 1 aromatic rings. The summed E-state index contributed by atoms with van der Waals surface area (Å²) in [6.45, 7) is 5.83. The van der Waals surface area contributed by atoms with Crippen LogP contribution in [0.3, 0.4) is 0 Å². The van der Waals surface area contributed by atoms with Crippen LogP contribution in [0.25, 0.3) is 0 Å². The first-order valence-electron chi connectivity index (χ1n) is 9.16. The molecule has 1 aliphatic heterocycles. The lowest BCUT2D eigenvalue weighted by molar-refractivity contribution is 0.190. The zero-order chi connectivity index (χ0) is 18.1. The fourth-order valence-corrected chi connectivity index (χ4v) is 3.10. The zero-order valence-electron chi connectivity index (χ0n) is 16.0. The molecule has 26 heavy (non-hydrogen) atoms. The number of likely N-dealkylation sites (tertiary alicyclic amines) is 1. The molecule has 1 fully saturated rings. The number of nitrogens with one attached hydrogen (secondary N) is 2. The molecule has 2 rings (SSSR count). The molecule has 7 heteroatoms.